The maximum Gasteiger partial charge on any atom is 0.254 e. The Morgan fingerprint density at radius 3 is 2.63 bits per heavy atom. The number of nitrogens with zero attached hydrogens (tertiary/aromatic N) is 4. The molecule has 1 aliphatic heterocycles. The highest BCUT2D eigenvalue weighted by molar-refractivity contribution is 6.30. The van der Waals surface area contributed by atoms with Gasteiger partial charge in [0.2, 0.25) is 17.6 Å². The highest BCUT2D eigenvalue weighted by Gasteiger charge is 2.34. The van der Waals surface area contributed by atoms with Crippen molar-refractivity contribution in [2.45, 2.75) is 77.8 Å². The molecule has 0 radical (unpaired) electrons. The second-order valence-electron chi connectivity index (χ2n) is 10.2. The lowest BCUT2D eigenvalue weighted by Crippen LogP contribution is -2.48. The van der Waals surface area contributed by atoms with Crippen molar-refractivity contribution >= 4 is 23.4 Å². The number of carbonyl (C=O) groups excluding carboxylic acids is 2. The number of hydrogen-bond donors (Lipinski definition) is 0. The Bertz CT molecular complexity index is 1220. The second kappa shape index (κ2) is 13.1. The molecule has 0 spiro atoms. The van der Waals surface area contributed by atoms with E-state index in [1.165, 1.54) is 18.4 Å². The number of rotatable bonds is 10. The standard InChI is InChI=1S/C30H37ClN4O3/c1-4-5-6-10-22-14-16-23(17-15-22)30(37)35(21(2)3)20-27(36)34-18-8-7-13-26(34)29-32-28(33-38-29)24-11-9-12-25(31)19-24/h9,11-12,14-17,19,21,26H,4-8,10,13,18,20H2,1-3H3. The maximum absolute atomic E-state index is 13.6. The fourth-order valence-electron chi connectivity index (χ4n) is 4.89. The minimum atomic E-state index is -0.316. The van der Waals surface area contributed by atoms with Crippen molar-refractivity contribution < 1.29 is 14.1 Å². The van der Waals surface area contributed by atoms with Crippen LogP contribution in [0.3, 0.4) is 0 Å². The van der Waals surface area contributed by atoms with Gasteiger partial charge in [-0.1, -0.05) is 60.8 Å². The fourth-order valence-corrected chi connectivity index (χ4v) is 5.08. The molecule has 7 nitrogen and oxygen atoms in total. The minimum Gasteiger partial charge on any atom is -0.337 e. The van der Waals surface area contributed by atoms with E-state index in [0.717, 1.165) is 37.7 Å². The van der Waals surface area contributed by atoms with Gasteiger partial charge in [-0.3, -0.25) is 9.59 Å². The van der Waals surface area contributed by atoms with Gasteiger partial charge in [0.05, 0.1) is 0 Å². The SMILES string of the molecule is CCCCCc1ccc(C(=O)N(CC(=O)N2CCCCC2c2nc(-c3cccc(Cl)c3)no2)C(C)C)cc1. The van der Waals surface area contributed by atoms with Crippen LogP contribution in [0.5, 0.6) is 0 Å². The molecule has 4 rings (SSSR count). The van der Waals surface area contributed by atoms with Crippen molar-refractivity contribution in [1.82, 2.24) is 19.9 Å². The lowest BCUT2D eigenvalue weighted by molar-refractivity contribution is -0.136. The first-order valence-corrected chi connectivity index (χ1v) is 14.0. The van der Waals surface area contributed by atoms with E-state index in [0.29, 0.717) is 28.8 Å². The minimum absolute atomic E-state index is 0.000535. The molecule has 1 aliphatic rings. The predicted molar refractivity (Wildman–Crippen MR) is 149 cm³/mol. The molecule has 0 saturated carbocycles. The zero-order valence-electron chi connectivity index (χ0n) is 22.5. The quantitative estimate of drug-likeness (QED) is 0.268. The Labute approximate surface area is 230 Å². The topological polar surface area (TPSA) is 79.5 Å². The first-order valence-electron chi connectivity index (χ1n) is 13.7. The molecule has 202 valence electrons. The number of carbonyl (C=O) groups is 2. The van der Waals surface area contributed by atoms with Crippen molar-refractivity contribution in [3.05, 3.63) is 70.6 Å². The van der Waals surface area contributed by atoms with Crippen LogP contribution >= 0.6 is 11.6 Å². The molecule has 3 aromatic rings. The molecule has 1 aromatic heterocycles. The largest absolute Gasteiger partial charge is 0.337 e. The van der Waals surface area contributed by atoms with E-state index in [4.69, 9.17) is 16.1 Å². The molecule has 0 N–H and O–H groups in total. The summed E-state index contributed by atoms with van der Waals surface area (Å²) in [5, 5.41) is 4.73. The Hall–Kier alpha value is -3.19. The summed E-state index contributed by atoms with van der Waals surface area (Å²) in [6, 6.07) is 14.6. The van der Waals surface area contributed by atoms with Crippen LogP contribution in [0.25, 0.3) is 11.4 Å². The Morgan fingerprint density at radius 2 is 1.92 bits per heavy atom. The molecule has 1 unspecified atom stereocenters. The molecular weight excluding hydrogens is 500 g/mol. The van der Waals surface area contributed by atoms with Crippen LogP contribution in [0, 0.1) is 0 Å². The lowest BCUT2D eigenvalue weighted by Gasteiger charge is -2.36. The Kier molecular flexibility index (Phi) is 9.56. The van der Waals surface area contributed by atoms with E-state index in [1.54, 1.807) is 21.9 Å². The Balaban J connectivity index is 1.46. The van der Waals surface area contributed by atoms with Crippen LogP contribution in [0.15, 0.2) is 53.1 Å². The summed E-state index contributed by atoms with van der Waals surface area (Å²) in [6.07, 6.45) is 7.13. The van der Waals surface area contributed by atoms with Gasteiger partial charge in [0.15, 0.2) is 0 Å². The number of aryl methyl sites for hydroxylation is 1. The zero-order chi connectivity index (χ0) is 27.1. The molecule has 0 aliphatic carbocycles. The van der Waals surface area contributed by atoms with Gasteiger partial charge in [0.25, 0.3) is 5.91 Å². The number of amides is 2. The average molecular weight is 537 g/mol. The van der Waals surface area contributed by atoms with E-state index in [9.17, 15) is 9.59 Å². The van der Waals surface area contributed by atoms with E-state index in [2.05, 4.69) is 17.1 Å². The third-order valence-corrected chi connectivity index (χ3v) is 7.33. The van der Waals surface area contributed by atoms with Crippen LogP contribution < -0.4 is 0 Å². The van der Waals surface area contributed by atoms with E-state index in [-0.39, 0.29) is 30.4 Å². The normalized spacial score (nSPS) is 15.6. The monoisotopic (exact) mass is 536 g/mol. The number of benzene rings is 2. The highest BCUT2D eigenvalue weighted by Crippen LogP contribution is 2.32. The number of piperidine rings is 1. The van der Waals surface area contributed by atoms with Gasteiger partial charge in [0, 0.05) is 28.7 Å². The van der Waals surface area contributed by atoms with Crippen molar-refractivity contribution in [3.8, 4) is 11.4 Å². The van der Waals surface area contributed by atoms with E-state index >= 15 is 0 Å². The number of hydrogen-bond acceptors (Lipinski definition) is 5. The van der Waals surface area contributed by atoms with Gasteiger partial charge >= 0.3 is 0 Å². The van der Waals surface area contributed by atoms with Crippen molar-refractivity contribution in [2.75, 3.05) is 13.1 Å². The van der Waals surface area contributed by atoms with Gasteiger partial charge in [-0.2, -0.15) is 4.98 Å². The van der Waals surface area contributed by atoms with Crippen LogP contribution in [-0.4, -0.2) is 50.9 Å². The molecule has 0 bridgehead atoms. The summed E-state index contributed by atoms with van der Waals surface area (Å²) in [7, 11) is 0. The van der Waals surface area contributed by atoms with Gasteiger partial charge < -0.3 is 14.3 Å². The van der Waals surface area contributed by atoms with E-state index in [1.807, 2.05) is 50.2 Å². The summed E-state index contributed by atoms with van der Waals surface area (Å²) >= 11 is 6.12. The summed E-state index contributed by atoms with van der Waals surface area (Å²) in [4.78, 5) is 35.0. The molecular formula is C30H37ClN4O3. The van der Waals surface area contributed by atoms with Crippen LogP contribution in [-0.2, 0) is 11.2 Å². The van der Waals surface area contributed by atoms with Crippen LogP contribution in [0.4, 0.5) is 0 Å². The first kappa shape index (κ1) is 27.8. The molecule has 38 heavy (non-hydrogen) atoms. The average Bonchev–Trinajstić information content (AvgIpc) is 3.42. The van der Waals surface area contributed by atoms with Crippen molar-refractivity contribution in [1.29, 1.82) is 0 Å². The van der Waals surface area contributed by atoms with Gasteiger partial charge in [-0.05, 0) is 75.8 Å². The number of unbranched alkanes of at least 4 members (excludes halogenated alkanes) is 2. The third-order valence-electron chi connectivity index (χ3n) is 7.09. The highest BCUT2D eigenvalue weighted by atomic mass is 35.5. The van der Waals surface area contributed by atoms with Crippen LogP contribution in [0.2, 0.25) is 5.02 Å². The summed E-state index contributed by atoms with van der Waals surface area (Å²) in [6.45, 7) is 6.65. The van der Waals surface area contributed by atoms with Gasteiger partial charge in [0.1, 0.15) is 12.6 Å². The fraction of sp³-hybridized carbons (Fsp3) is 0.467. The first-order chi connectivity index (χ1) is 18.4. The van der Waals surface area contributed by atoms with Gasteiger partial charge in [-0.25, -0.2) is 0 Å². The molecule has 1 fully saturated rings. The number of likely N-dealkylation sites (tertiary alicyclic amines) is 1. The lowest BCUT2D eigenvalue weighted by atomic mass is 10.0. The summed E-state index contributed by atoms with van der Waals surface area (Å²) in [5.74, 6) is 0.602. The van der Waals surface area contributed by atoms with Crippen molar-refractivity contribution in [2.24, 2.45) is 0 Å². The number of halogens is 1. The molecule has 1 saturated heterocycles. The van der Waals surface area contributed by atoms with Crippen molar-refractivity contribution in [3.63, 3.8) is 0 Å². The molecule has 1 atom stereocenters. The molecule has 2 amide bonds. The number of aromatic nitrogens is 2. The third kappa shape index (κ3) is 6.81. The summed E-state index contributed by atoms with van der Waals surface area (Å²) in [5.41, 5.74) is 2.59. The molecule has 2 heterocycles. The maximum atomic E-state index is 13.6. The second-order valence-corrected chi connectivity index (χ2v) is 10.7. The smallest absolute Gasteiger partial charge is 0.254 e. The van der Waals surface area contributed by atoms with Gasteiger partial charge in [-0.15, -0.1) is 0 Å². The summed E-state index contributed by atoms with van der Waals surface area (Å²) < 4.78 is 5.62. The molecule has 2 aromatic carbocycles. The molecule has 8 heteroatoms. The van der Waals surface area contributed by atoms with Crippen LogP contribution in [0.1, 0.15) is 87.2 Å². The van der Waals surface area contributed by atoms with E-state index < -0.39 is 0 Å². The predicted octanol–water partition coefficient (Wildman–Crippen LogP) is 6.73. The zero-order valence-corrected chi connectivity index (χ0v) is 23.3. The Morgan fingerprint density at radius 1 is 1.13 bits per heavy atom.